The molecule has 1 aliphatic heterocycles. The van der Waals surface area contributed by atoms with E-state index in [1.54, 1.807) is 4.90 Å². The summed E-state index contributed by atoms with van der Waals surface area (Å²) in [4.78, 5) is 26.9. The number of nitrogens with zero attached hydrogens (tertiary/aromatic N) is 1. The fourth-order valence-electron chi connectivity index (χ4n) is 3.62. The van der Waals surface area contributed by atoms with Gasteiger partial charge in [-0.15, -0.1) is 0 Å². The molecule has 0 unspecified atom stereocenters. The van der Waals surface area contributed by atoms with E-state index in [0.717, 1.165) is 28.3 Å². The molecule has 0 bridgehead atoms. The molecule has 1 N–H and O–H groups in total. The van der Waals surface area contributed by atoms with Gasteiger partial charge in [-0.25, -0.2) is 0 Å². The molecule has 0 aliphatic carbocycles. The van der Waals surface area contributed by atoms with Crippen molar-refractivity contribution < 1.29 is 14.3 Å². The Morgan fingerprint density at radius 1 is 1.15 bits per heavy atom. The lowest BCUT2D eigenvalue weighted by Crippen LogP contribution is -2.28. The first-order valence-electron chi connectivity index (χ1n) is 9.31. The molecule has 2 aromatic carbocycles. The molecule has 2 aromatic rings. The third kappa shape index (κ3) is 4.13. The SMILES string of the molecule is CCOc1ccc(N2C[C@H](C(=O)Nc3c(C)cc(C)cc3C)CC2=O)cc1. The smallest absolute Gasteiger partial charge is 0.229 e. The Morgan fingerprint density at radius 2 is 1.78 bits per heavy atom. The molecule has 5 nitrogen and oxygen atoms in total. The monoisotopic (exact) mass is 366 g/mol. The summed E-state index contributed by atoms with van der Waals surface area (Å²) in [7, 11) is 0. The Labute approximate surface area is 160 Å². The highest BCUT2D eigenvalue weighted by Crippen LogP contribution is 2.29. The Hall–Kier alpha value is -2.82. The van der Waals surface area contributed by atoms with Crippen molar-refractivity contribution in [1.82, 2.24) is 0 Å². The van der Waals surface area contributed by atoms with Gasteiger partial charge in [0.2, 0.25) is 11.8 Å². The number of ether oxygens (including phenoxy) is 1. The fraction of sp³-hybridized carbons (Fsp3) is 0.364. The zero-order chi connectivity index (χ0) is 19.6. The zero-order valence-corrected chi connectivity index (χ0v) is 16.3. The second-order valence-corrected chi connectivity index (χ2v) is 7.10. The highest BCUT2D eigenvalue weighted by molar-refractivity contribution is 6.04. The lowest BCUT2D eigenvalue weighted by Gasteiger charge is -2.18. The molecule has 5 heteroatoms. The number of aryl methyl sites for hydroxylation is 3. The van der Waals surface area contributed by atoms with Crippen molar-refractivity contribution in [3.8, 4) is 5.75 Å². The normalized spacial score (nSPS) is 16.5. The maximum Gasteiger partial charge on any atom is 0.229 e. The Kier molecular flexibility index (Phi) is 5.49. The van der Waals surface area contributed by atoms with Crippen LogP contribution in [0.5, 0.6) is 5.75 Å². The van der Waals surface area contributed by atoms with E-state index in [4.69, 9.17) is 4.74 Å². The van der Waals surface area contributed by atoms with Crippen LogP contribution in [0.1, 0.15) is 30.0 Å². The summed E-state index contributed by atoms with van der Waals surface area (Å²) < 4.78 is 5.44. The minimum absolute atomic E-state index is 0.0309. The largest absolute Gasteiger partial charge is 0.494 e. The topological polar surface area (TPSA) is 58.6 Å². The third-order valence-corrected chi connectivity index (χ3v) is 4.88. The molecule has 3 rings (SSSR count). The van der Waals surface area contributed by atoms with E-state index in [2.05, 4.69) is 17.4 Å². The van der Waals surface area contributed by atoms with Crippen LogP contribution < -0.4 is 15.0 Å². The van der Waals surface area contributed by atoms with Crippen LogP contribution in [0.4, 0.5) is 11.4 Å². The predicted octanol–water partition coefficient (Wildman–Crippen LogP) is 4.00. The number of benzene rings is 2. The van der Waals surface area contributed by atoms with E-state index in [0.29, 0.717) is 13.2 Å². The van der Waals surface area contributed by atoms with Gasteiger partial charge < -0.3 is 15.0 Å². The molecule has 142 valence electrons. The molecular weight excluding hydrogens is 340 g/mol. The van der Waals surface area contributed by atoms with Crippen LogP contribution in [0, 0.1) is 26.7 Å². The highest BCUT2D eigenvalue weighted by Gasteiger charge is 2.35. The van der Waals surface area contributed by atoms with Gasteiger partial charge in [-0.05, 0) is 63.1 Å². The number of carbonyl (C=O) groups excluding carboxylic acids is 2. The number of rotatable bonds is 5. The van der Waals surface area contributed by atoms with Crippen LogP contribution in [-0.2, 0) is 9.59 Å². The Balaban J connectivity index is 1.70. The van der Waals surface area contributed by atoms with Gasteiger partial charge >= 0.3 is 0 Å². The molecular formula is C22H26N2O3. The van der Waals surface area contributed by atoms with Crippen molar-refractivity contribution in [3.63, 3.8) is 0 Å². The van der Waals surface area contributed by atoms with E-state index in [1.807, 2.05) is 52.0 Å². The van der Waals surface area contributed by atoms with Crippen LogP contribution in [0.25, 0.3) is 0 Å². The minimum Gasteiger partial charge on any atom is -0.494 e. The van der Waals surface area contributed by atoms with E-state index >= 15 is 0 Å². The molecule has 1 heterocycles. The first kappa shape index (κ1) is 19.0. The molecule has 1 saturated heterocycles. The van der Waals surface area contributed by atoms with Crippen LogP contribution in [0.15, 0.2) is 36.4 Å². The predicted molar refractivity (Wildman–Crippen MR) is 107 cm³/mol. The van der Waals surface area contributed by atoms with Crippen molar-refractivity contribution in [2.45, 2.75) is 34.1 Å². The number of nitrogens with one attached hydrogen (secondary N) is 1. The molecule has 0 radical (unpaired) electrons. The summed E-state index contributed by atoms with van der Waals surface area (Å²) in [6, 6.07) is 11.5. The van der Waals surface area contributed by atoms with Crippen molar-refractivity contribution in [1.29, 1.82) is 0 Å². The standard InChI is InChI=1S/C22H26N2O3/c1-5-27-19-8-6-18(7-9-19)24-13-17(12-20(24)25)22(26)23-21-15(3)10-14(2)11-16(21)4/h6-11,17H,5,12-13H2,1-4H3,(H,23,26)/t17-/m1/s1. The summed E-state index contributed by atoms with van der Waals surface area (Å²) in [5.74, 6) is 0.278. The molecule has 1 atom stereocenters. The van der Waals surface area contributed by atoms with Crippen molar-refractivity contribution in [2.75, 3.05) is 23.4 Å². The number of carbonyl (C=O) groups is 2. The maximum atomic E-state index is 12.8. The molecule has 0 saturated carbocycles. The first-order valence-corrected chi connectivity index (χ1v) is 9.31. The second kappa shape index (κ2) is 7.82. The van der Waals surface area contributed by atoms with Crippen molar-refractivity contribution >= 4 is 23.2 Å². The summed E-state index contributed by atoms with van der Waals surface area (Å²) in [5.41, 5.74) is 4.88. The van der Waals surface area contributed by atoms with Gasteiger partial charge in [0, 0.05) is 24.3 Å². The quantitative estimate of drug-likeness (QED) is 0.870. The zero-order valence-electron chi connectivity index (χ0n) is 16.3. The van der Waals surface area contributed by atoms with E-state index in [9.17, 15) is 9.59 Å². The second-order valence-electron chi connectivity index (χ2n) is 7.10. The number of anilines is 2. The van der Waals surface area contributed by atoms with E-state index in [-0.39, 0.29) is 24.2 Å². The van der Waals surface area contributed by atoms with Gasteiger partial charge in [-0.1, -0.05) is 17.7 Å². The van der Waals surface area contributed by atoms with Gasteiger partial charge in [0.15, 0.2) is 0 Å². The highest BCUT2D eigenvalue weighted by atomic mass is 16.5. The number of amides is 2. The number of hydrogen-bond donors (Lipinski definition) is 1. The first-order chi connectivity index (χ1) is 12.9. The van der Waals surface area contributed by atoms with Crippen LogP contribution in [0.3, 0.4) is 0 Å². The maximum absolute atomic E-state index is 12.8. The fourth-order valence-corrected chi connectivity index (χ4v) is 3.62. The van der Waals surface area contributed by atoms with Gasteiger partial charge in [-0.2, -0.15) is 0 Å². The van der Waals surface area contributed by atoms with Crippen molar-refractivity contribution in [2.24, 2.45) is 5.92 Å². The summed E-state index contributed by atoms with van der Waals surface area (Å²) >= 11 is 0. The molecule has 1 fully saturated rings. The van der Waals surface area contributed by atoms with Gasteiger partial charge in [0.25, 0.3) is 0 Å². The van der Waals surface area contributed by atoms with Crippen LogP contribution >= 0.6 is 0 Å². The summed E-state index contributed by atoms with van der Waals surface area (Å²) in [6.45, 7) is 8.93. The lowest BCUT2D eigenvalue weighted by molar-refractivity contribution is -0.122. The van der Waals surface area contributed by atoms with Crippen molar-refractivity contribution in [3.05, 3.63) is 53.1 Å². The van der Waals surface area contributed by atoms with Gasteiger partial charge in [-0.3, -0.25) is 9.59 Å². The Morgan fingerprint density at radius 3 is 2.37 bits per heavy atom. The number of hydrogen-bond acceptors (Lipinski definition) is 3. The van der Waals surface area contributed by atoms with Gasteiger partial charge in [0.1, 0.15) is 5.75 Å². The minimum atomic E-state index is -0.357. The molecule has 0 aromatic heterocycles. The average molecular weight is 366 g/mol. The van der Waals surface area contributed by atoms with E-state index < -0.39 is 0 Å². The van der Waals surface area contributed by atoms with Crippen LogP contribution in [-0.4, -0.2) is 25.0 Å². The Bertz CT molecular complexity index is 835. The lowest BCUT2D eigenvalue weighted by atomic mass is 10.0. The van der Waals surface area contributed by atoms with E-state index in [1.165, 1.54) is 5.56 Å². The van der Waals surface area contributed by atoms with Crippen LogP contribution in [0.2, 0.25) is 0 Å². The third-order valence-electron chi connectivity index (χ3n) is 4.88. The summed E-state index contributed by atoms with van der Waals surface area (Å²) in [5, 5.41) is 3.03. The molecule has 1 aliphatic rings. The van der Waals surface area contributed by atoms with Gasteiger partial charge in [0.05, 0.1) is 12.5 Å². The average Bonchev–Trinajstić information content (AvgIpc) is 3.01. The molecule has 0 spiro atoms. The molecule has 2 amide bonds. The molecule has 27 heavy (non-hydrogen) atoms. The summed E-state index contributed by atoms with van der Waals surface area (Å²) in [6.07, 6.45) is 0.225.